The monoisotopic (exact) mass is 484 g/mol. The topological polar surface area (TPSA) is 96.2 Å². The van der Waals surface area contributed by atoms with E-state index in [4.69, 9.17) is 16.1 Å². The second kappa shape index (κ2) is 9.44. The van der Waals surface area contributed by atoms with Gasteiger partial charge in [-0.15, -0.1) is 0 Å². The fourth-order valence-electron chi connectivity index (χ4n) is 3.55. The van der Waals surface area contributed by atoms with Gasteiger partial charge in [-0.05, 0) is 60.7 Å². The fraction of sp³-hybridized carbons (Fsp3) is 0.0769. The third-order valence-corrected chi connectivity index (χ3v) is 5.53. The van der Waals surface area contributed by atoms with Gasteiger partial charge in [-0.3, -0.25) is 4.79 Å². The van der Waals surface area contributed by atoms with E-state index in [2.05, 4.69) is 25.8 Å². The Balaban J connectivity index is 1.28. The van der Waals surface area contributed by atoms with Gasteiger partial charge in [0.2, 0.25) is 5.95 Å². The summed E-state index contributed by atoms with van der Waals surface area (Å²) in [4.78, 5) is 23.8. The van der Waals surface area contributed by atoms with Gasteiger partial charge in [0.25, 0.3) is 5.91 Å². The lowest BCUT2D eigenvalue weighted by atomic mass is 10.1. The van der Waals surface area contributed by atoms with Crippen LogP contribution in [0.3, 0.4) is 0 Å². The molecular weight excluding hydrogens is 464 g/mol. The van der Waals surface area contributed by atoms with Crippen molar-refractivity contribution in [3.8, 4) is 11.3 Å². The molecule has 0 spiro atoms. The smallest absolute Gasteiger partial charge is 0.277 e. The summed E-state index contributed by atoms with van der Waals surface area (Å²) in [7, 11) is 3.90. The lowest BCUT2D eigenvalue weighted by molar-refractivity contribution is 0.101. The molecule has 5 rings (SSSR count). The number of anilines is 4. The summed E-state index contributed by atoms with van der Waals surface area (Å²) in [6.45, 7) is 0. The number of hydrogen-bond acceptors (Lipinski definition) is 7. The first-order valence-electron chi connectivity index (χ1n) is 10.8. The van der Waals surface area contributed by atoms with Crippen LogP contribution in [0.1, 0.15) is 10.5 Å². The van der Waals surface area contributed by atoms with Gasteiger partial charge < -0.3 is 20.1 Å². The summed E-state index contributed by atoms with van der Waals surface area (Å²) in [5.74, 6) is 1.43. The van der Waals surface area contributed by atoms with Crippen molar-refractivity contribution in [3.63, 3.8) is 0 Å². The number of nitrogens with one attached hydrogen (secondary N) is 2. The number of benzene rings is 3. The normalized spacial score (nSPS) is 10.8. The minimum atomic E-state index is -0.372. The second-order valence-corrected chi connectivity index (χ2v) is 8.46. The van der Waals surface area contributed by atoms with Gasteiger partial charge in [0.05, 0.1) is 5.52 Å². The number of rotatable bonds is 6. The largest absolute Gasteiger partial charge is 0.362 e. The average molecular weight is 485 g/mol. The molecule has 2 N–H and O–H groups in total. The first-order chi connectivity index (χ1) is 17.0. The Kier molecular flexibility index (Phi) is 6.03. The second-order valence-electron chi connectivity index (χ2n) is 8.02. The van der Waals surface area contributed by atoms with E-state index >= 15 is 0 Å². The van der Waals surface area contributed by atoms with Gasteiger partial charge in [0, 0.05) is 47.5 Å². The molecule has 0 aliphatic carbocycles. The van der Waals surface area contributed by atoms with Crippen molar-refractivity contribution < 1.29 is 9.32 Å². The Morgan fingerprint density at radius 2 is 1.63 bits per heavy atom. The third kappa shape index (κ3) is 4.92. The average Bonchev–Trinajstić information content (AvgIpc) is 3.36. The zero-order chi connectivity index (χ0) is 24.4. The molecule has 3 aromatic carbocycles. The van der Waals surface area contributed by atoms with E-state index in [0.717, 1.165) is 28.0 Å². The number of hydrogen-bond donors (Lipinski definition) is 2. The minimum Gasteiger partial charge on any atom is -0.362 e. The molecule has 0 saturated heterocycles. The molecule has 0 radical (unpaired) electrons. The first kappa shape index (κ1) is 22.4. The molecule has 0 fully saturated rings. The molecule has 9 heteroatoms. The first-order valence-corrected chi connectivity index (χ1v) is 11.2. The number of halogens is 1. The predicted octanol–water partition coefficient (Wildman–Crippen LogP) is 6.00. The van der Waals surface area contributed by atoms with Crippen molar-refractivity contribution >= 4 is 51.6 Å². The quantitative estimate of drug-likeness (QED) is 0.305. The lowest BCUT2D eigenvalue weighted by Gasteiger charge is -2.16. The SMILES string of the molecule is CN(C)c1nc(Nc2ccc(NC(=O)c3cc(-c4ccc(Cl)cc4)on3)cc2)nc2ccccc12. The van der Waals surface area contributed by atoms with Crippen LogP contribution in [0, 0.1) is 0 Å². The van der Waals surface area contributed by atoms with Crippen molar-refractivity contribution in [2.24, 2.45) is 0 Å². The molecule has 35 heavy (non-hydrogen) atoms. The third-order valence-electron chi connectivity index (χ3n) is 5.28. The van der Waals surface area contributed by atoms with Gasteiger partial charge in [-0.1, -0.05) is 28.9 Å². The predicted molar refractivity (Wildman–Crippen MR) is 138 cm³/mol. The van der Waals surface area contributed by atoms with Crippen molar-refractivity contribution in [1.82, 2.24) is 15.1 Å². The van der Waals surface area contributed by atoms with Crippen molar-refractivity contribution in [3.05, 3.63) is 89.6 Å². The Bertz CT molecular complexity index is 1500. The molecule has 0 saturated carbocycles. The molecule has 174 valence electrons. The van der Waals surface area contributed by atoms with E-state index in [9.17, 15) is 4.79 Å². The fourth-order valence-corrected chi connectivity index (χ4v) is 3.68. The lowest BCUT2D eigenvalue weighted by Crippen LogP contribution is -2.13. The Morgan fingerprint density at radius 3 is 2.37 bits per heavy atom. The maximum Gasteiger partial charge on any atom is 0.277 e. The van der Waals surface area contributed by atoms with Gasteiger partial charge in [-0.2, -0.15) is 4.98 Å². The van der Waals surface area contributed by atoms with Crippen molar-refractivity contribution in [2.45, 2.75) is 0 Å². The molecule has 0 aliphatic rings. The number of amides is 1. The molecule has 0 unspecified atom stereocenters. The highest BCUT2D eigenvalue weighted by molar-refractivity contribution is 6.30. The molecule has 5 aromatic rings. The van der Waals surface area contributed by atoms with Gasteiger partial charge in [0.1, 0.15) is 5.82 Å². The molecule has 1 amide bonds. The highest BCUT2D eigenvalue weighted by atomic mass is 35.5. The Hall–Kier alpha value is -4.43. The number of aromatic nitrogens is 3. The molecule has 2 heterocycles. The van der Waals surface area contributed by atoms with E-state index < -0.39 is 0 Å². The van der Waals surface area contributed by atoms with Crippen LogP contribution in [0.4, 0.5) is 23.1 Å². The highest BCUT2D eigenvalue weighted by Crippen LogP contribution is 2.26. The van der Waals surface area contributed by atoms with E-state index in [1.54, 1.807) is 42.5 Å². The van der Waals surface area contributed by atoms with Gasteiger partial charge in [-0.25, -0.2) is 4.98 Å². The summed E-state index contributed by atoms with van der Waals surface area (Å²) in [6, 6.07) is 23.8. The summed E-state index contributed by atoms with van der Waals surface area (Å²) in [5, 5.41) is 11.5. The zero-order valence-corrected chi connectivity index (χ0v) is 19.7. The number of fused-ring (bicyclic) bond motifs is 1. The summed E-state index contributed by atoms with van der Waals surface area (Å²) < 4.78 is 5.31. The summed E-state index contributed by atoms with van der Waals surface area (Å²) in [5.41, 5.74) is 3.21. The van der Waals surface area contributed by atoms with E-state index in [0.29, 0.717) is 22.4 Å². The van der Waals surface area contributed by atoms with E-state index in [1.165, 1.54) is 0 Å². The number of nitrogens with zero attached hydrogens (tertiary/aromatic N) is 4. The molecule has 2 aromatic heterocycles. The van der Waals surface area contributed by atoms with Gasteiger partial charge >= 0.3 is 0 Å². The van der Waals surface area contributed by atoms with E-state index in [1.807, 2.05) is 55.4 Å². The van der Waals surface area contributed by atoms with Crippen LogP contribution in [-0.4, -0.2) is 35.1 Å². The van der Waals surface area contributed by atoms with Crippen LogP contribution in [0.15, 0.2) is 83.4 Å². The van der Waals surface area contributed by atoms with E-state index in [-0.39, 0.29) is 11.6 Å². The van der Waals surface area contributed by atoms with Crippen LogP contribution < -0.4 is 15.5 Å². The maximum absolute atomic E-state index is 12.6. The standard InChI is InChI=1S/C26H21ClN6O2/c1-33(2)24-20-5-3-4-6-21(20)30-26(31-24)29-19-13-11-18(12-14-19)28-25(34)22-15-23(35-32-22)16-7-9-17(27)10-8-16/h3-15H,1-2H3,(H,28,34)(H,29,30,31). The van der Waals surface area contributed by atoms with Crippen LogP contribution in [-0.2, 0) is 0 Å². The van der Waals surface area contributed by atoms with Crippen LogP contribution in [0.25, 0.3) is 22.2 Å². The summed E-state index contributed by atoms with van der Waals surface area (Å²) >= 11 is 5.92. The molecule has 0 aliphatic heterocycles. The summed E-state index contributed by atoms with van der Waals surface area (Å²) in [6.07, 6.45) is 0. The number of carbonyl (C=O) groups excluding carboxylic acids is 1. The van der Waals surface area contributed by atoms with Crippen LogP contribution in [0.5, 0.6) is 0 Å². The number of carbonyl (C=O) groups is 1. The Labute approximate surface area is 206 Å². The van der Waals surface area contributed by atoms with Gasteiger partial charge in [0.15, 0.2) is 11.5 Å². The molecule has 0 bridgehead atoms. The molecule has 0 atom stereocenters. The van der Waals surface area contributed by atoms with Crippen LogP contribution >= 0.6 is 11.6 Å². The zero-order valence-electron chi connectivity index (χ0n) is 19.0. The van der Waals surface area contributed by atoms with Crippen LogP contribution in [0.2, 0.25) is 5.02 Å². The highest BCUT2D eigenvalue weighted by Gasteiger charge is 2.14. The number of para-hydroxylation sites is 1. The van der Waals surface area contributed by atoms with Crippen molar-refractivity contribution in [1.29, 1.82) is 0 Å². The minimum absolute atomic E-state index is 0.179. The molecule has 8 nitrogen and oxygen atoms in total. The molecular formula is C26H21ClN6O2. The maximum atomic E-state index is 12.6. The Morgan fingerprint density at radius 1 is 0.914 bits per heavy atom. The van der Waals surface area contributed by atoms with Crippen molar-refractivity contribution in [2.75, 3.05) is 29.6 Å².